The highest BCUT2D eigenvalue weighted by atomic mass is 35.5. The van der Waals surface area contributed by atoms with Gasteiger partial charge in [0.15, 0.2) is 0 Å². The molecule has 170 valence electrons. The number of benzene rings is 2. The number of urea groups is 1. The first-order valence-corrected chi connectivity index (χ1v) is 10.9. The van der Waals surface area contributed by atoms with E-state index in [1.54, 1.807) is 30.3 Å². The number of rotatable bonds is 4. The molecule has 4 rings (SSSR count). The second-order valence-corrected chi connectivity index (χ2v) is 9.19. The van der Waals surface area contributed by atoms with Gasteiger partial charge in [0.05, 0.1) is 5.54 Å². The van der Waals surface area contributed by atoms with E-state index in [1.165, 1.54) is 0 Å². The van der Waals surface area contributed by atoms with Crippen LogP contribution in [-0.2, 0) is 9.59 Å². The fourth-order valence-corrected chi connectivity index (χ4v) is 4.15. The Hall–Kier alpha value is -3.58. The number of hydrogen-bond donors (Lipinski definition) is 2. The number of fused-ring (bicyclic) bond motifs is 1. The smallest absolute Gasteiger partial charge is 0.329 e. The third-order valence-corrected chi connectivity index (χ3v) is 6.20. The molecule has 2 aliphatic rings. The summed E-state index contributed by atoms with van der Waals surface area (Å²) in [4.78, 5) is 40.6. The lowest BCUT2D eigenvalue weighted by Gasteiger charge is -2.40. The lowest BCUT2D eigenvalue weighted by molar-refractivity contribution is -0.127. The van der Waals surface area contributed by atoms with Gasteiger partial charge in [0, 0.05) is 29.0 Å². The SMILES string of the molecule is CC1=CC(C)(C)N(C)c2ccc(/C=C3/NC(=O)N(CC(=O)Nc4ccc(Cl)cc4)C3=O)cc21. The Morgan fingerprint density at radius 1 is 1.15 bits per heavy atom. The number of halogens is 1. The number of amides is 4. The van der Waals surface area contributed by atoms with Crippen LogP contribution in [0.4, 0.5) is 16.2 Å². The van der Waals surface area contributed by atoms with Crippen molar-refractivity contribution in [1.82, 2.24) is 10.2 Å². The van der Waals surface area contributed by atoms with Gasteiger partial charge in [-0.05, 0) is 74.4 Å². The number of carbonyl (C=O) groups excluding carboxylic acids is 3. The van der Waals surface area contributed by atoms with Crippen LogP contribution in [0.15, 0.2) is 54.2 Å². The third-order valence-electron chi connectivity index (χ3n) is 5.94. The third kappa shape index (κ3) is 4.50. The summed E-state index contributed by atoms with van der Waals surface area (Å²) in [5, 5.41) is 5.76. The van der Waals surface area contributed by atoms with Crippen LogP contribution in [0.2, 0.25) is 5.02 Å². The molecule has 0 aliphatic carbocycles. The number of carbonyl (C=O) groups is 3. The van der Waals surface area contributed by atoms with Crippen LogP contribution in [0.1, 0.15) is 31.9 Å². The second kappa shape index (κ2) is 8.41. The average Bonchev–Trinajstić information content (AvgIpc) is 3.01. The Labute approximate surface area is 197 Å². The normalized spacial score (nSPS) is 18.2. The van der Waals surface area contributed by atoms with E-state index < -0.39 is 24.4 Å². The molecule has 0 bridgehead atoms. The Bertz CT molecular complexity index is 1210. The minimum absolute atomic E-state index is 0.0977. The molecule has 4 amide bonds. The zero-order valence-electron chi connectivity index (χ0n) is 18.9. The van der Waals surface area contributed by atoms with Crippen LogP contribution in [0.5, 0.6) is 0 Å². The van der Waals surface area contributed by atoms with Crippen LogP contribution in [-0.4, -0.2) is 41.9 Å². The highest BCUT2D eigenvalue weighted by molar-refractivity contribution is 6.30. The minimum Gasteiger partial charge on any atom is -0.366 e. The Balaban J connectivity index is 1.51. The number of imide groups is 1. The van der Waals surface area contributed by atoms with E-state index >= 15 is 0 Å². The van der Waals surface area contributed by atoms with Crippen molar-refractivity contribution in [2.75, 3.05) is 23.8 Å². The highest BCUT2D eigenvalue weighted by Crippen LogP contribution is 2.38. The van der Waals surface area contributed by atoms with Crippen molar-refractivity contribution in [2.24, 2.45) is 0 Å². The van der Waals surface area contributed by atoms with Crippen molar-refractivity contribution in [3.8, 4) is 0 Å². The standard InChI is InChI=1S/C25H25ClN4O3/c1-15-13-25(2,3)29(4)21-10-5-16(11-19(15)21)12-20-23(32)30(24(33)28-20)14-22(31)27-18-8-6-17(26)7-9-18/h5-13H,14H2,1-4H3,(H,27,31)(H,28,33)/b20-12+. The largest absolute Gasteiger partial charge is 0.366 e. The Morgan fingerprint density at radius 2 is 1.85 bits per heavy atom. The first kappa shape index (κ1) is 22.6. The molecule has 8 heteroatoms. The van der Waals surface area contributed by atoms with E-state index in [4.69, 9.17) is 11.6 Å². The maximum Gasteiger partial charge on any atom is 0.329 e. The lowest BCUT2D eigenvalue weighted by atomic mass is 9.88. The van der Waals surface area contributed by atoms with Gasteiger partial charge in [-0.1, -0.05) is 23.7 Å². The number of nitrogens with one attached hydrogen (secondary N) is 2. The summed E-state index contributed by atoms with van der Waals surface area (Å²) in [5.41, 5.74) is 4.66. The van der Waals surface area contributed by atoms with Crippen LogP contribution >= 0.6 is 11.6 Å². The van der Waals surface area contributed by atoms with E-state index in [0.717, 1.165) is 27.3 Å². The first-order valence-electron chi connectivity index (χ1n) is 10.5. The van der Waals surface area contributed by atoms with E-state index in [9.17, 15) is 14.4 Å². The summed E-state index contributed by atoms with van der Waals surface area (Å²) in [5.74, 6) is -1.03. The average molecular weight is 465 g/mol. The molecule has 1 fully saturated rings. The molecule has 33 heavy (non-hydrogen) atoms. The van der Waals surface area contributed by atoms with Crippen LogP contribution in [0.25, 0.3) is 11.6 Å². The summed E-state index contributed by atoms with van der Waals surface area (Å²) in [6, 6.07) is 11.8. The number of hydrogen-bond acceptors (Lipinski definition) is 4. The van der Waals surface area contributed by atoms with Gasteiger partial charge < -0.3 is 15.5 Å². The molecule has 2 N–H and O–H groups in total. The molecule has 2 aromatic rings. The molecule has 1 saturated heterocycles. The Kier molecular flexibility index (Phi) is 5.76. The van der Waals surface area contributed by atoms with E-state index in [2.05, 4.69) is 42.4 Å². The van der Waals surface area contributed by atoms with E-state index in [0.29, 0.717) is 10.7 Å². The van der Waals surface area contributed by atoms with E-state index in [-0.39, 0.29) is 11.2 Å². The molecule has 0 radical (unpaired) electrons. The number of allylic oxidation sites excluding steroid dienone is 1. The summed E-state index contributed by atoms with van der Waals surface area (Å²) < 4.78 is 0. The highest BCUT2D eigenvalue weighted by Gasteiger charge is 2.35. The Morgan fingerprint density at radius 3 is 2.55 bits per heavy atom. The number of likely N-dealkylation sites (N-methyl/N-ethyl adjacent to an activating group) is 1. The van der Waals surface area contributed by atoms with Gasteiger partial charge in [-0.25, -0.2) is 9.69 Å². The van der Waals surface area contributed by atoms with Crippen molar-refractivity contribution in [1.29, 1.82) is 0 Å². The molecule has 0 saturated carbocycles. The summed E-state index contributed by atoms with van der Waals surface area (Å²) in [7, 11) is 2.05. The minimum atomic E-state index is -0.631. The van der Waals surface area contributed by atoms with Crippen molar-refractivity contribution in [2.45, 2.75) is 26.3 Å². The summed E-state index contributed by atoms with van der Waals surface area (Å²) in [6.07, 6.45) is 3.83. The topological polar surface area (TPSA) is 81.8 Å². The lowest BCUT2D eigenvalue weighted by Crippen LogP contribution is -2.42. The predicted octanol–water partition coefficient (Wildman–Crippen LogP) is 4.50. The number of nitrogens with zero attached hydrogens (tertiary/aromatic N) is 2. The molecule has 0 unspecified atom stereocenters. The summed E-state index contributed by atoms with van der Waals surface area (Å²) in [6.45, 7) is 5.98. The molecule has 2 aromatic carbocycles. The monoisotopic (exact) mass is 464 g/mol. The van der Waals surface area contributed by atoms with Crippen molar-refractivity contribution in [3.05, 3.63) is 70.4 Å². The summed E-state index contributed by atoms with van der Waals surface area (Å²) >= 11 is 5.84. The predicted molar refractivity (Wildman–Crippen MR) is 131 cm³/mol. The number of anilines is 2. The molecule has 7 nitrogen and oxygen atoms in total. The van der Waals surface area contributed by atoms with Crippen LogP contribution in [0.3, 0.4) is 0 Å². The van der Waals surface area contributed by atoms with Crippen molar-refractivity contribution < 1.29 is 14.4 Å². The van der Waals surface area contributed by atoms with Gasteiger partial charge in [0.1, 0.15) is 12.2 Å². The molecule has 2 aliphatic heterocycles. The zero-order valence-corrected chi connectivity index (χ0v) is 19.7. The zero-order chi connectivity index (χ0) is 23.9. The fraction of sp³-hybridized carbons (Fsp3) is 0.240. The molecule has 0 spiro atoms. The van der Waals surface area contributed by atoms with Gasteiger partial charge in [-0.15, -0.1) is 0 Å². The quantitative estimate of drug-likeness (QED) is 0.515. The first-order chi connectivity index (χ1) is 15.5. The molecule has 0 aromatic heterocycles. The van der Waals surface area contributed by atoms with Crippen molar-refractivity contribution >= 4 is 52.5 Å². The maximum absolute atomic E-state index is 12.8. The van der Waals surface area contributed by atoms with E-state index in [1.807, 2.05) is 25.2 Å². The van der Waals surface area contributed by atoms with Gasteiger partial charge >= 0.3 is 6.03 Å². The van der Waals surface area contributed by atoms with Gasteiger partial charge in [-0.2, -0.15) is 0 Å². The van der Waals surface area contributed by atoms with Gasteiger partial charge in [0.2, 0.25) is 5.91 Å². The second-order valence-electron chi connectivity index (χ2n) is 8.75. The van der Waals surface area contributed by atoms with Gasteiger partial charge in [-0.3, -0.25) is 9.59 Å². The van der Waals surface area contributed by atoms with Crippen molar-refractivity contribution in [3.63, 3.8) is 0 Å². The fourth-order valence-electron chi connectivity index (χ4n) is 4.03. The molecular weight excluding hydrogens is 440 g/mol. The van der Waals surface area contributed by atoms with Gasteiger partial charge in [0.25, 0.3) is 5.91 Å². The maximum atomic E-state index is 12.8. The molecular formula is C25H25ClN4O3. The van der Waals surface area contributed by atoms with Crippen LogP contribution in [0, 0.1) is 0 Å². The van der Waals surface area contributed by atoms with Crippen LogP contribution < -0.4 is 15.5 Å². The molecule has 0 atom stereocenters. The molecule has 2 heterocycles.